The van der Waals surface area contributed by atoms with E-state index in [1.165, 1.54) is 4.90 Å². The predicted molar refractivity (Wildman–Crippen MR) is 191 cm³/mol. The van der Waals surface area contributed by atoms with E-state index in [1.807, 2.05) is 22.4 Å². The summed E-state index contributed by atoms with van der Waals surface area (Å²) in [5, 5.41) is 25.9. The Kier molecular flexibility index (Phi) is 9.61. The molecule has 12 nitrogen and oxygen atoms in total. The number of fused-ring (bicyclic) bond motifs is 2. The highest BCUT2D eigenvalue weighted by atomic mass is 28.3. The highest BCUT2D eigenvalue weighted by Crippen LogP contribution is 2.38. The maximum atomic E-state index is 14.4. The monoisotopic (exact) mass is 674 g/mol. The fourth-order valence-corrected chi connectivity index (χ4v) is 8.50. The quantitative estimate of drug-likeness (QED) is 0.258. The first-order chi connectivity index (χ1) is 22.9. The number of anilines is 2. The number of pyridine rings is 1. The van der Waals surface area contributed by atoms with Crippen LogP contribution in [0.2, 0.25) is 25.7 Å². The lowest BCUT2D eigenvalue weighted by molar-refractivity contribution is 0.0817. The number of hydrogen-bond acceptors (Lipinski definition) is 8. The van der Waals surface area contributed by atoms with Crippen LogP contribution in [0.15, 0.2) is 23.1 Å². The Morgan fingerprint density at radius 1 is 1.17 bits per heavy atom. The third-order valence-corrected chi connectivity index (χ3v) is 12.2. The number of amides is 1. The average Bonchev–Trinajstić information content (AvgIpc) is 3.64. The van der Waals surface area contributed by atoms with E-state index in [4.69, 9.17) is 9.84 Å². The molecule has 0 bridgehead atoms. The molecule has 6 rings (SSSR count). The fourth-order valence-electron chi connectivity index (χ4n) is 7.75. The predicted octanol–water partition coefficient (Wildman–Crippen LogP) is 4.54. The summed E-state index contributed by atoms with van der Waals surface area (Å²) in [5.74, 6) is 0. The van der Waals surface area contributed by atoms with Gasteiger partial charge in [-0.3, -0.25) is 4.79 Å². The Labute approximate surface area is 284 Å². The number of ether oxygens (including phenoxy) is 1. The van der Waals surface area contributed by atoms with Gasteiger partial charge in [0, 0.05) is 76.1 Å². The molecule has 1 aromatic carbocycles. The first kappa shape index (κ1) is 34.0. The number of aromatic nitrogens is 3. The van der Waals surface area contributed by atoms with Crippen molar-refractivity contribution in [1.82, 2.24) is 24.1 Å². The van der Waals surface area contributed by atoms with E-state index in [0.29, 0.717) is 58.1 Å². The van der Waals surface area contributed by atoms with Gasteiger partial charge in [-0.05, 0) is 64.4 Å². The molecule has 1 amide bonds. The molecule has 2 atom stereocenters. The van der Waals surface area contributed by atoms with E-state index >= 15 is 0 Å². The maximum absolute atomic E-state index is 14.4. The van der Waals surface area contributed by atoms with Crippen LogP contribution in [0.4, 0.5) is 16.2 Å². The topological polar surface area (TPSA) is 123 Å². The number of nitriles is 1. The first-order valence-corrected chi connectivity index (χ1v) is 21.0. The van der Waals surface area contributed by atoms with Crippen LogP contribution in [0, 0.1) is 18.3 Å². The van der Waals surface area contributed by atoms with Crippen molar-refractivity contribution in [3.05, 3.63) is 51.1 Å². The van der Waals surface area contributed by atoms with Gasteiger partial charge >= 0.3 is 6.09 Å². The summed E-state index contributed by atoms with van der Waals surface area (Å²) in [6.45, 7) is 16.1. The van der Waals surface area contributed by atoms with Crippen LogP contribution < -0.4 is 15.4 Å². The van der Waals surface area contributed by atoms with Crippen LogP contribution in [-0.4, -0.2) is 102 Å². The molecule has 3 aromatic rings. The van der Waals surface area contributed by atoms with E-state index in [0.717, 1.165) is 65.4 Å². The summed E-state index contributed by atoms with van der Waals surface area (Å²) in [6, 6.07) is 7.71. The molecule has 13 heteroatoms. The number of likely N-dealkylation sites (N-methyl/N-ethyl adjacent to an activating group) is 1. The molecule has 0 aliphatic carbocycles. The number of carboxylic acid groups (broad SMARTS) is 1. The number of carbonyl (C=O) groups is 1. The molecular formula is C35H50N8O4Si. The van der Waals surface area contributed by atoms with Crippen molar-refractivity contribution >= 4 is 36.4 Å². The van der Waals surface area contributed by atoms with Gasteiger partial charge in [0.1, 0.15) is 18.4 Å². The number of piperazine rings is 1. The molecule has 48 heavy (non-hydrogen) atoms. The van der Waals surface area contributed by atoms with Crippen LogP contribution in [0.3, 0.4) is 0 Å². The first-order valence-electron chi connectivity index (χ1n) is 17.3. The second kappa shape index (κ2) is 13.6. The van der Waals surface area contributed by atoms with Gasteiger partial charge in [-0.1, -0.05) is 25.7 Å². The molecule has 3 aliphatic heterocycles. The standard InChI is InChI=1S/C35H50N8O4Si/c1-24-9-10-30-29(19-37-43(30)23-47-16-17-48(4,5)6)32(24)39-13-11-27-31(22-39)42(21-26-8-7-12-38(26)3)34(44)28(18-36)33(27)41-15-14-40(35(45)46)20-25(41)2/h9-10,19,25-26H,7-8,11-17,20-23H2,1-6H3,(H,45,46)/t25-,26-/m0/s1. The second-order valence-electron chi connectivity index (χ2n) is 15.1. The molecule has 0 unspecified atom stereocenters. The van der Waals surface area contributed by atoms with Gasteiger partial charge in [0.25, 0.3) is 5.56 Å². The molecule has 2 saturated heterocycles. The number of nitrogens with zero attached hydrogens (tertiary/aromatic N) is 8. The smallest absolute Gasteiger partial charge is 0.407 e. The minimum Gasteiger partial charge on any atom is -0.465 e. The second-order valence-corrected chi connectivity index (χ2v) is 20.7. The SMILES string of the molecule is Cc1ccc2c(cnn2COCC[Si](C)(C)C)c1N1CCc2c(N3CCN(C(=O)O)C[C@@H]3C)c(C#N)c(=O)n(C[C@@H]3CCCN3C)c2C1. The Balaban J connectivity index is 1.39. The summed E-state index contributed by atoms with van der Waals surface area (Å²) < 4.78 is 9.88. The van der Waals surface area contributed by atoms with E-state index in [1.54, 1.807) is 0 Å². The van der Waals surface area contributed by atoms with E-state index in [-0.39, 0.29) is 23.2 Å². The number of benzene rings is 1. The molecular weight excluding hydrogens is 625 g/mol. The molecule has 3 aliphatic rings. The van der Waals surface area contributed by atoms with Gasteiger partial charge < -0.3 is 34.0 Å². The van der Waals surface area contributed by atoms with Gasteiger partial charge in [0.05, 0.1) is 29.6 Å². The fraction of sp³-hybridized carbons (Fsp3) is 0.600. The van der Waals surface area contributed by atoms with Crippen molar-refractivity contribution in [3.8, 4) is 6.07 Å². The van der Waals surface area contributed by atoms with Crippen LogP contribution in [-0.2, 0) is 31.0 Å². The lowest BCUT2D eigenvalue weighted by atomic mass is 9.95. The summed E-state index contributed by atoms with van der Waals surface area (Å²) in [4.78, 5) is 34.3. The lowest BCUT2D eigenvalue weighted by Crippen LogP contribution is -2.54. The molecule has 2 fully saturated rings. The molecule has 0 radical (unpaired) electrons. The number of likely N-dealkylation sites (tertiary alicyclic amines) is 1. The third kappa shape index (κ3) is 6.58. The van der Waals surface area contributed by atoms with Crippen LogP contribution in [0.25, 0.3) is 10.9 Å². The van der Waals surface area contributed by atoms with Crippen molar-refractivity contribution in [1.29, 1.82) is 5.26 Å². The van der Waals surface area contributed by atoms with Crippen molar-refractivity contribution in [2.24, 2.45) is 0 Å². The normalized spacial score (nSPS) is 20.4. The molecule has 0 saturated carbocycles. The Bertz CT molecular complexity index is 1790. The third-order valence-electron chi connectivity index (χ3n) is 10.5. The minimum absolute atomic E-state index is 0.171. The van der Waals surface area contributed by atoms with Crippen LogP contribution in [0.1, 0.15) is 42.1 Å². The minimum atomic E-state index is -1.19. The van der Waals surface area contributed by atoms with Gasteiger partial charge in [0.15, 0.2) is 0 Å². The number of hydrogen-bond donors (Lipinski definition) is 1. The summed E-state index contributed by atoms with van der Waals surface area (Å²) in [7, 11) is 0.919. The molecule has 5 heterocycles. The maximum Gasteiger partial charge on any atom is 0.407 e. The van der Waals surface area contributed by atoms with Gasteiger partial charge in [0.2, 0.25) is 0 Å². The van der Waals surface area contributed by atoms with Crippen LogP contribution in [0.5, 0.6) is 0 Å². The van der Waals surface area contributed by atoms with E-state index in [2.05, 4.69) is 66.5 Å². The highest BCUT2D eigenvalue weighted by molar-refractivity contribution is 6.76. The number of aryl methyl sites for hydroxylation is 1. The van der Waals surface area contributed by atoms with E-state index < -0.39 is 14.2 Å². The van der Waals surface area contributed by atoms with Gasteiger partial charge in [-0.25, -0.2) is 9.48 Å². The molecule has 1 N–H and O–H groups in total. The Morgan fingerprint density at radius 3 is 2.62 bits per heavy atom. The van der Waals surface area contributed by atoms with Crippen molar-refractivity contribution < 1.29 is 14.6 Å². The zero-order valence-corrected chi connectivity index (χ0v) is 30.3. The van der Waals surface area contributed by atoms with Crippen LogP contribution >= 0.6 is 0 Å². The number of rotatable bonds is 9. The molecule has 0 spiro atoms. The van der Waals surface area contributed by atoms with Gasteiger partial charge in [-0.15, -0.1) is 0 Å². The Hall–Kier alpha value is -3.86. The van der Waals surface area contributed by atoms with Crippen molar-refractivity contribution in [3.63, 3.8) is 0 Å². The summed E-state index contributed by atoms with van der Waals surface area (Å²) >= 11 is 0. The summed E-state index contributed by atoms with van der Waals surface area (Å²) in [5.41, 5.74) is 5.88. The zero-order valence-electron chi connectivity index (χ0n) is 29.3. The van der Waals surface area contributed by atoms with E-state index in [9.17, 15) is 20.0 Å². The molecule has 258 valence electrons. The highest BCUT2D eigenvalue weighted by Gasteiger charge is 2.36. The largest absolute Gasteiger partial charge is 0.465 e. The summed E-state index contributed by atoms with van der Waals surface area (Å²) in [6.07, 6.45) is 3.75. The van der Waals surface area contributed by atoms with Crippen molar-refractivity contribution in [2.45, 2.75) is 90.7 Å². The zero-order chi connectivity index (χ0) is 34.3. The Morgan fingerprint density at radius 2 is 1.96 bits per heavy atom. The van der Waals surface area contributed by atoms with Crippen molar-refractivity contribution in [2.75, 3.05) is 56.2 Å². The molecule has 2 aromatic heterocycles. The lowest BCUT2D eigenvalue weighted by Gasteiger charge is -2.43. The van der Waals surface area contributed by atoms with Gasteiger partial charge in [-0.2, -0.15) is 10.4 Å². The average molecular weight is 675 g/mol.